The van der Waals surface area contributed by atoms with Crippen molar-refractivity contribution in [3.05, 3.63) is 59.8 Å². The highest BCUT2D eigenvalue weighted by atomic mass is 16.5. The number of nitrogens with zero attached hydrogens (tertiary/aromatic N) is 7. The Balaban J connectivity index is 1.60. The molecule has 1 N–H and O–H groups in total. The van der Waals surface area contributed by atoms with Crippen LogP contribution in [0.3, 0.4) is 0 Å². The van der Waals surface area contributed by atoms with Gasteiger partial charge in [0.05, 0.1) is 23.6 Å². The number of ether oxygens (including phenoxy) is 1. The third-order valence-electron chi connectivity index (χ3n) is 5.40. The first kappa shape index (κ1) is 18.3. The van der Waals surface area contributed by atoms with Crippen molar-refractivity contribution in [1.82, 2.24) is 34.7 Å². The van der Waals surface area contributed by atoms with Crippen LogP contribution in [0.2, 0.25) is 0 Å². The van der Waals surface area contributed by atoms with E-state index in [1.165, 1.54) is 0 Å². The first-order valence-corrected chi connectivity index (χ1v) is 9.77. The highest BCUT2D eigenvalue weighted by molar-refractivity contribution is 5.68. The zero-order valence-electron chi connectivity index (χ0n) is 16.6. The fourth-order valence-corrected chi connectivity index (χ4v) is 3.64. The predicted molar refractivity (Wildman–Crippen MR) is 109 cm³/mol. The van der Waals surface area contributed by atoms with Crippen LogP contribution in [0.25, 0.3) is 16.9 Å². The summed E-state index contributed by atoms with van der Waals surface area (Å²) in [6.45, 7) is 5.73. The Morgan fingerprint density at radius 3 is 2.83 bits per heavy atom. The van der Waals surface area contributed by atoms with Crippen molar-refractivity contribution in [2.45, 2.75) is 26.0 Å². The Labute approximate surface area is 173 Å². The lowest BCUT2D eigenvalue weighted by atomic mass is 10.1. The van der Waals surface area contributed by atoms with Crippen LogP contribution in [0.5, 0.6) is 5.88 Å². The van der Waals surface area contributed by atoms with E-state index in [0.29, 0.717) is 23.3 Å². The van der Waals surface area contributed by atoms with Gasteiger partial charge in [0.15, 0.2) is 0 Å². The van der Waals surface area contributed by atoms with Gasteiger partial charge in [-0.25, -0.2) is 9.67 Å². The monoisotopic (exact) mass is 400 g/mol. The molecule has 1 saturated heterocycles. The SMILES string of the molecule is Cc1c(-c2cc(O[C@H](C)c3ccccn3)n3c(C#N)cnc3c2)nnn1C1CNC1. The average molecular weight is 400 g/mol. The second-order valence-corrected chi connectivity index (χ2v) is 7.33. The lowest BCUT2D eigenvalue weighted by molar-refractivity contribution is 0.210. The molecule has 9 nitrogen and oxygen atoms in total. The minimum Gasteiger partial charge on any atom is -0.469 e. The molecule has 0 saturated carbocycles. The summed E-state index contributed by atoms with van der Waals surface area (Å²) in [5.41, 5.74) is 4.43. The van der Waals surface area contributed by atoms with Gasteiger partial charge < -0.3 is 10.1 Å². The lowest BCUT2D eigenvalue weighted by Gasteiger charge is -2.27. The van der Waals surface area contributed by atoms with Crippen molar-refractivity contribution in [1.29, 1.82) is 5.26 Å². The Hall–Kier alpha value is -3.77. The third-order valence-corrected chi connectivity index (χ3v) is 5.40. The number of nitriles is 1. The summed E-state index contributed by atoms with van der Waals surface area (Å²) >= 11 is 0. The van der Waals surface area contributed by atoms with Crippen LogP contribution in [0.4, 0.5) is 0 Å². The molecule has 0 aromatic carbocycles. The molecule has 0 amide bonds. The number of rotatable bonds is 5. The van der Waals surface area contributed by atoms with Crippen LogP contribution in [-0.2, 0) is 0 Å². The van der Waals surface area contributed by atoms with E-state index in [4.69, 9.17) is 4.74 Å². The predicted octanol–water partition coefficient (Wildman–Crippen LogP) is 2.45. The van der Waals surface area contributed by atoms with Crippen molar-refractivity contribution < 1.29 is 4.74 Å². The molecule has 4 aromatic rings. The molecule has 5 heterocycles. The molecule has 1 atom stereocenters. The zero-order chi connectivity index (χ0) is 20.7. The summed E-state index contributed by atoms with van der Waals surface area (Å²) in [6, 6.07) is 12.0. The van der Waals surface area contributed by atoms with Crippen LogP contribution in [0.15, 0.2) is 42.7 Å². The average Bonchev–Trinajstić information content (AvgIpc) is 3.31. The van der Waals surface area contributed by atoms with Crippen molar-refractivity contribution in [3.63, 3.8) is 0 Å². The zero-order valence-corrected chi connectivity index (χ0v) is 16.6. The summed E-state index contributed by atoms with van der Waals surface area (Å²) in [5.74, 6) is 0.508. The molecule has 30 heavy (non-hydrogen) atoms. The lowest BCUT2D eigenvalue weighted by Crippen LogP contribution is -2.44. The van der Waals surface area contributed by atoms with Gasteiger partial charge in [0.2, 0.25) is 5.88 Å². The van der Waals surface area contributed by atoms with Gasteiger partial charge in [-0.05, 0) is 32.0 Å². The summed E-state index contributed by atoms with van der Waals surface area (Å²) in [5, 5.41) is 21.5. The van der Waals surface area contributed by atoms with Gasteiger partial charge in [-0.2, -0.15) is 5.26 Å². The topological polar surface area (TPSA) is 106 Å². The number of nitrogens with one attached hydrogen (secondary N) is 1. The summed E-state index contributed by atoms with van der Waals surface area (Å²) in [7, 11) is 0. The van der Waals surface area contributed by atoms with Crippen molar-refractivity contribution >= 4 is 5.65 Å². The maximum absolute atomic E-state index is 9.52. The molecule has 1 aliphatic heterocycles. The molecule has 0 spiro atoms. The van der Waals surface area contributed by atoms with Gasteiger partial charge in [0.1, 0.15) is 29.2 Å². The normalized spacial score (nSPS) is 15.0. The van der Waals surface area contributed by atoms with Crippen molar-refractivity contribution in [2.75, 3.05) is 13.1 Å². The van der Waals surface area contributed by atoms with E-state index in [9.17, 15) is 5.26 Å². The maximum atomic E-state index is 9.52. The molecule has 4 aromatic heterocycles. The minimum atomic E-state index is -0.309. The van der Waals surface area contributed by atoms with Gasteiger partial charge in [-0.1, -0.05) is 11.3 Å². The number of hydrogen-bond donors (Lipinski definition) is 1. The van der Waals surface area contributed by atoms with E-state index in [2.05, 4.69) is 31.7 Å². The maximum Gasteiger partial charge on any atom is 0.201 e. The van der Waals surface area contributed by atoms with E-state index >= 15 is 0 Å². The summed E-state index contributed by atoms with van der Waals surface area (Å²) in [4.78, 5) is 8.77. The van der Waals surface area contributed by atoms with Crippen LogP contribution in [0.1, 0.15) is 36.2 Å². The molecular formula is C21H20N8O. The molecule has 150 valence electrons. The number of imidazole rings is 1. The van der Waals surface area contributed by atoms with Crippen LogP contribution in [0, 0.1) is 18.3 Å². The quantitative estimate of drug-likeness (QED) is 0.548. The number of fused-ring (bicyclic) bond motifs is 1. The largest absolute Gasteiger partial charge is 0.469 e. The smallest absolute Gasteiger partial charge is 0.201 e. The van der Waals surface area contributed by atoms with Crippen LogP contribution >= 0.6 is 0 Å². The molecule has 5 rings (SSSR count). The first-order chi connectivity index (χ1) is 14.7. The van der Waals surface area contributed by atoms with Gasteiger partial charge in [0, 0.05) is 30.9 Å². The Morgan fingerprint density at radius 1 is 1.27 bits per heavy atom. The third kappa shape index (κ3) is 2.98. The standard InChI is InChI=1S/C21H20N8O/c1-13-21(26-27-29(13)17-10-23-11-17)15-7-19-25-12-16(9-22)28(19)20(8-15)30-14(2)18-5-3-4-6-24-18/h3-8,12,14,17,23H,10-11H2,1-2H3/t14-/m1/s1. The van der Waals surface area contributed by atoms with Crippen molar-refractivity contribution in [2.24, 2.45) is 0 Å². The molecule has 1 fully saturated rings. The first-order valence-electron chi connectivity index (χ1n) is 9.77. The van der Waals surface area contributed by atoms with Gasteiger partial charge in [-0.15, -0.1) is 5.10 Å². The van der Waals surface area contributed by atoms with Crippen LogP contribution in [-0.4, -0.2) is 42.5 Å². The molecular weight excluding hydrogens is 380 g/mol. The minimum absolute atomic E-state index is 0.309. The fourth-order valence-electron chi connectivity index (χ4n) is 3.64. The van der Waals surface area contributed by atoms with E-state index < -0.39 is 0 Å². The van der Waals surface area contributed by atoms with E-state index in [0.717, 1.165) is 35.7 Å². The second kappa shape index (κ2) is 7.24. The van der Waals surface area contributed by atoms with Gasteiger partial charge in [0.25, 0.3) is 0 Å². The summed E-state index contributed by atoms with van der Waals surface area (Å²) < 4.78 is 9.91. The molecule has 1 aliphatic rings. The second-order valence-electron chi connectivity index (χ2n) is 7.33. The number of hydrogen-bond acceptors (Lipinski definition) is 7. The van der Waals surface area contributed by atoms with E-state index in [1.54, 1.807) is 16.8 Å². The molecule has 0 bridgehead atoms. The number of aromatic nitrogens is 6. The highest BCUT2D eigenvalue weighted by Crippen LogP contribution is 2.31. The van der Waals surface area contributed by atoms with Crippen molar-refractivity contribution in [3.8, 4) is 23.2 Å². The number of pyridine rings is 2. The fraction of sp³-hybridized carbons (Fsp3) is 0.286. The molecule has 0 aliphatic carbocycles. The van der Waals surface area contributed by atoms with E-state index in [-0.39, 0.29) is 6.10 Å². The Bertz CT molecular complexity index is 1250. The van der Waals surface area contributed by atoms with E-state index in [1.807, 2.05) is 48.9 Å². The van der Waals surface area contributed by atoms with Gasteiger partial charge >= 0.3 is 0 Å². The Kier molecular flexibility index (Phi) is 4.41. The summed E-state index contributed by atoms with van der Waals surface area (Å²) in [6.07, 6.45) is 2.97. The van der Waals surface area contributed by atoms with Crippen LogP contribution < -0.4 is 10.1 Å². The molecule has 0 unspecified atom stereocenters. The highest BCUT2D eigenvalue weighted by Gasteiger charge is 2.24. The Morgan fingerprint density at radius 2 is 2.13 bits per heavy atom. The molecule has 9 heteroatoms. The van der Waals surface area contributed by atoms with Gasteiger partial charge in [-0.3, -0.25) is 9.38 Å². The molecule has 0 radical (unpaired) electrons.